The molecule has 2 fully saturated rings. The molecule has 5 nitrogen and oxygen atoms in total. The molecule has 1 aromatic carbocycles. The quantitative estimate of drug-likeness (QED) is 0.827. The van der Waals surface area contributed by atoms with Gasteiger partial charge in [-0.3, -0.25) is 9.59 Å². The molecule has 26 heavy (non-hydrogen) atoms. The third-order valence-corrected chi connectivity index (χ3v) is 5.59. The second-order valence-electron chi connectivity index (χ2n) is 7.17. The van der Waals surface area contributed by atoms with E-state index >= 15 is 0 Å². The molecule has 2 aliphatic heterocycles. The Bertz CT molecular complexity index is 628. The van der Waals surface area contributed by atoms with E-state index in [1.54, 1.807) is 0 Å². The van der Waals surface area contributed by atoms with Gasteiger partial charge in [0, 0.05) is 38.2 Å². The molecule has 0 radical (unpaired) electrons. The third-order valence-electron chi connectivity index (χ3n) is 5.59. The molecule has 2 heterocycles. The smallest absolute Gasteiger partial charge is 0.253 e. The van der Waals surface area contributed by atoms with Gasteiger partial charge in [0.1, 0.15) is 5.82 Å². The number of rotatable bonds is 4. The molecule has 3 rings (SSSR count). The lowest BCUT2D eigenvalue weighted by Crippen LogP contribution is -2.46. The Morgan fingerprint density at radius 2 is 1.77 bits per heavy atom. The first-order valence-corrected chi connectivity index (χ1v) is 9.49. The number of carbonyl (C=O) groups is 2. The number of halogens is 1. The Labute approximate surface area is 154 Å². The highest BCUT2D eigenvalue weighted by Crippen LogP contribution is 2.30. The van der Waals surface area contributed by atoms with E-state index in [-0.39, 0.29) is 17.6 Å². The van der Waals surface area contributed by atoms with E-state index in [2.05, 4.69) is 6.92 Å². The van der Waals surface area contributed by atoms with Crippen molar-refractivity contribution in [2.75, 3.05) is 39.4 Å². The van der Waals surface area contributed by atoms with E-state index in [9.17, 15) is 14.0 Å². The molecule has 2 saturated heterocycles. The van der Waals surface area contributed by atoms with Crippen molar-refractivity contribution in [1.29, 1.82) is 0 Å². The molecule has 1 aromatic rings. The van der Waals surface area contributed by atoms with Crippen molar-refractivity contribution in [3.8, 4) is 0 Å². The number of amides is 2. The zero-order valence-corrected chi connectivity index (χ0v) is 15.3. The number of carbonyl (C=O) groups excluding carboxylic acids is 2. The Kier molecular flexibility index (Phi) is 6.25. The number of hydrogen-bond acceptors (Lipinski definition) is 3. The van der Waals surface area contributed by atoms with Gasteiger partial charge in [-0.05, 0) is 42.5 Å². The predicted molar refractivity (Wildman–Crippen MR) is 96.2 cm³/mol. The minimum atomic E-state index is -0.340. The van der Waals surface area contributed by atoms with Crippen molar-refractivity contribution in [3.05, 3.63) is 35.6 Å². The van der Waals surface area contributed by atoms with Gasteiger partial charge in [0.2, 0.25) is 5.91 Å². The van der Waals surface area contributed by atoms with Crippen LogP contribution in [0.3, 0.4) is 0 Å². The molecular weight excluding hydrogens is 335 g/mol. The Morgan fingerprint density at radius 3 is 2.42 bits per heavy atom. The van der Waals surface area contributed by atoms with Gasteiger partial charge >= 0.3 is 0 Å². The van der Waals surface area contributed by atoms with Crippen LogP contribution in [0, 0.1) is 17.7 Å². The largest absolute Gasteiger partial charge is 0.378 e. The minimum Gasteiger partial charge on any atom is -0.378 e. The molecule has 0 aromatic heterocycles. The van der Waals surface area contributed by atoms with Crippen LogP contribution >= 0.6 is 0 Å². The predicted octanol–water partition coefficient (Wildman–Crippen LogP) is 2.56. The number of morpholine rings is 1. The summed E-state index contributed by atoms with van der Waals surface area (Å²) in [6, 6.07) is 5.70. The lowest BCUT2D eigenvalue weighted by molar-refractivity contribution is -0.137. The van der Waals surface area contributed by atoms with E-state index in [0.29, 0.717) is 63.2 Å². The van der Waals surface area contributed by atoms with Gasteiger partial charge in [0.25, 0.3) is 5.91 Å². The Hall–Kier alpha value is -1.95. The fourth-order valence-electron chi connectivity index (χ4n) is 3.94. The lowest BCUT2D eigenvalue weighted by Gasteiger charge is -2.39. The van der Waals surface area contributed by atoms with E-state index in [4.69, 9.17) is 4.74 Å². The number of piperidine rings is 1. The molecule has 0 aliphatic carbocycles. The number of ether oxygens (including phenoxy) is 1. The molecule has 0 N–H and O–H groups in total. The van der Waals surface area contributed by atoms with Crippen LogP contribution in [0.2, 0.25) is 0 Å². The van der Waals surface area contributed by atoms with Gasteiger partial charge in [-0.15, -0.1) is 0 Å². The molecule has 0 spiro atoms. The Balaban J connectivity index is 1.58. The maximum Gasteiger partial charge on any atom is 0.253 e. The summed E-state index contributed by atoms with van der Waals surface area (Å²) in [5.74, 6) is 0.440. The first kappa shape index (κ1) is 18.8. The average Bonchev–Trinajstić information content (AvgIpc) is 2.69. The van der Waals surface area contributed by atoms with E-state index in [1.807, 2.05) is 9.80 Å². The van der Waals surface area contributed by atoms with Crippen molar-refractivity contribution in [2.24, 2.45) is 11.8 Å². The maximum atomic E-state index is 13.1. The fourth-order valence-corrected chi connectivity index (χ4v) is 3.94. The molecule has 142 valence electrons. The third kappa shape index (κ3) is 4.41. The van der Waals surface area contributed by atoms with E-state index < -0.39 is 0 Å². The highest BCUT2D eigenvalue weighted by molar-refractivity contribution is 5.94. The van der Waals surface area contributed by atoms with Gasteiger partial charge in [0.05, 0.1) is 13.2 Å². The summed E-state index contributed by atoms with van der Waals surface area (Å²) in [5.41, 5.74) is 0.518. The monoisotopic (exact) mass is 362 g/mol. The summed E-state index contributed by atoms with van der Waals surface area (Å²) in [7, 11) is 0. The highest BCUT2D eigenvalue weighted by Gasteiger charge is 2.33. The summed E-state index contributed by atoms with van der Waals surface area (Å²) in [6.07, 6.45) is 2.33. The van der Waals surface area contributed by atoms with Crippen molar-refractivity contribution in [2.45, 2.75) is 26.2 Å². The van der Waals surface area contributed by atoms with Crippen molar-refractivity contribution in [1.82, 2.24) is 9.80 Å². The maximum absolute atomic E-state index is 13.1. The van der Waals surface area contributed by atoms with E-state index in [0.717, 1.165) is 12.8 Å². The zero-order valence-electron chi connectivity index (χ0n) is 15.3. The summed E-state index contributed by atoms with van der Waals surface area (Å²) in [4.78, 5) is 29.0. The fraction of sp³-hybridized carbons (Fsp3) is 0.600. The SMILES string of the molecule is CC[C@H]1CN(C(=O)c2ccc(F)cc2)CC[C@H]1CC(=O)N1CCOCC1. The molecule has 0 bridgehead atoms. The van der Waals surface area contributed by atoms with Crippen LogP contribution < -0.4 is 0 Å². The van der Waals surface area contributed by atoms with Crippen molar-refractivity contribution < 1.29 is 18.7 Å². The minimum absolute atomic E-state index is 0.0543. The number of benzene rings is 1. The molecule has 0 unspecified atom stereocenters. The van der Waals surface area contributed by atoms with Crippen LogP contribution in [0.4, 0.5) is 4.39 Å². The summed E-state index contributed by atoms with van der Waals surface area (Å²) in [5, 5.41) is 0. The molecule has 2 atom stereocenters. The average molecular weight is 362 g/mol. The summed E-state index contributed by atoms with van der Waals surface area (Å²) >= 11 is 0. The van der Waals surface area contributed by atoms with Gasteiger partial charge in [-0.1, -0.05) is 13.3 Å². The normalized spacial score (nSPS) is 23.8. The van der Waals surface area contributed by atoms with E-state index in [1.165, 1.54) is 24.3 Å². The second-order valence-corrected chi connectivity index (χ2v) is 7.17. The number of nitrogens with zero attached hydrogens (tertiary/aromatic N) is 2. The van der Waals surface area contributed by atoms with Gasteiger partial charge in [-0.2, -0.15) is 0 Å². The highest BCUT2D eigenvalue weighted by atomic mass is 19.1. The number of hydrogen-bond donors (Lipinski definition) is 0. The second kappa shape index (κ2) is 8.62. The topological polar surface area (TPSA) is 49.9 Å². The molecular formula is C20H27FN2O3. The Morgan fingerprint density at radius 1 is 1.08 bits per heavy atom. The standard InChI is InChI=1S/C20H27FN2O3/c1-2-15-14-23(20(25)16-3-5-18(21)6-4-16)8-7-17(15)13-19(24)22-9-11-26-12-10-22/h3-6,15,17H,2,7-14H2,1H3/t15-,17-/m0/s1. The first-order valence-electron chi connectivity index (χ1n) is 9.49. The van der Waals surface area contributed by atoms with Crippen LogP contribution in [0.15, 0.2) is 24.3 Å². The van der Waals surface area contributed by atoms with Crippen LogP contribution in [0.1, 0.15) is 36.5 Å². The van der Waals surface area contributed by atoms with Crippen molar-refractivity contribution in [3.63, 3.8) is 0 Å². The van der Waals surface area contributed by atoms with Crippen LogP contribution in [-0.4, -0.2) is 61.0 Å². The summed E-state index contributed by atoms with van der Waals surface area (Å²) < 4.78 is 18.4. The van der Waals surface area contributed by atoms with Crippen LogP contribution in [0.25, 0.3) is 0 Å². The summed E-state index contributed by atoms with van der Waals surface area (Å²) in [6.45, 7) is 6.01. The molecule has 2 amide bonds. The molecule has 6 heteroatoms. The zero-order chi connectivity index (χ0) is 18.5. The molecule has 2 aliphatic rings. The van der Waals surface area contributed by atoms with Gasteiger partial charge in [0.15, 0.2) is 0 Å². The molecule has 0 saturated carbocycles. The number of likely N-dealkylation sites (tertiary alicyclic amines) is 1. The van der Waals surface area contributed by atoms with Crippen LogP contribution in [-0.2, 0) is 9.53 Å². The van der Waals surface area contributed by atoms with Gasteiger partial charge in [-0.25, -0.2) is 4.39 Å². The van der Waals surface area contributed by atoms with Crippen LogP contribution in [0.5, 0.6) is 0 Å². The lowest BCUT2D eigenvalue weighted by atomic mass is 9.81. The first-order chi connectivity index (χ1) is 12.6. The van der Waals surface area contributed by atoms with Gasteiger partial charge < -0.3 is 14.5 Å². The van der Waals surface area contributed by atoms with Crippen molar-refractivity contribution >= 4 is 11.8 Å².